The van der Waals surface area contributed by atoms with Gasteiger partial charge < -0.3 is 20.1 Å². The van der Waals surface area contributed by atoms with Gasteiger partial charge in [-0.05, 0) is 61.0 Å². The Labute approximate surface area is 164 Å². The maximum atomic E-state index is 12.4. The van der Waals surface area contributed by atoms with Crippen LogP contribution in [-0.4, -0.2) is 31.2 Å². The van der Waals surface area contributed by atoms with Crippen molar-refractivity contribution < 1.29 is 14.3 Å². The third kappa shape index (κ3) is 5.48. The number of amides is 1. The number of carbonyl (C=O) groups is 1. The van der Waals surface area contributed by atoms with E-state index in [-0.39, 0.29) is 5.91 Å². The number of methoxy groups -OCH3 is 1. The van der Waals surface area contributed by atoms with E-state index in [1.54, 1.807) is 25.4 Å². The molecule has 0 radical (unpaired) electrons. The molecule has 6 heteroatoms. The molecule has 0 atom stereocenters. The summed E-state index contributed by atoms with van der Waals surface area (Å²) < 4.78 is 10.7. The van der Waals surface area contributed by atoms with Crippen LogP contribution in [0.3, 0.4) is 0 Å². The van der Waals surface area contributed by atoms with Gasteiger partial charge in [0.2, 0.25) is 0 Å². The molecule has 1 aromatic heterocycles. The second-order valence-corrected chi connectivity index (χ2v) is 6.20. The number of benzene rings is 2. The number of ether oxygens (including phenoxy) is 2. The number of anilines is 2. The Hall–Kier alpha value is -3.54. The fraction of sp³-hybridized carbons (Fsp3) is 0.182. The predicted molar refractivity (Wildman–Crippen MR) is 110 cm³/mol. The van der Waals surface area contributed by atoms with Crippen LogP contribution >= 0.6 is 0 Å². The molecule has 0 unspecified atom stereocenters. The molecule has 0 saturated carbocycles. The Morgan fingerprint density at radius 3 is 2.57 bits per heavy atom. The first-order valence-electron chi connectivity index (χ1n) is 8.99. The maximum Gasteiger partial charge on any atom is 0.251 e. The molecule has 6 nitrogen and oxygen atoms in total. The molecule has 0 saturated heterocycles. The standard InChI is InChI=1S/C22H23N3O3/c1-16-4-3-5-18(14-16)25-21-15-17(10-11-23-21)22(26)24-12-13-28-20-8-6-19(27-2)7-9-20/h3-11,14-15H,12-13H2,1-2H3,(H,23,25)(H,24,26). The molecule has 0 aliphatic carbocycles. The number of aryl methyl sites for hydroxylation is 1. The minimum absolute atomic E-state index is 0.173. The Balaban J connectivity index is 1.50. The largest absolute Gasteiger partial charge is 0.497 e. The van der Waals surface area contributed by atoms with Gasteiger partial charge in [-0.25, -0.2) is 4.98 Å². The van der Waals surface area contributed by atoms with Crippen LogP contribution in [0.4, 0.5) is 11.5 Å². The van der Waals surface area contributed by atoms with Crippen LogP contribution < -0.4 is 20.1 Å². The number of carbonyl (C=O) groups excluding carboxylic acids is 1. The average Bonchev–Trinajstić information content (AvgIpc) is 2.72. The van der Waals surface area contributed by atoms with Crippen LogP contribution in [0.1, 0.15) is 15.9 Å². The normalized spacial score (nSPS) is 10.2. The number of nitrogens with one attached hydrogen (secondary N) is 2. The lowest BCUT2D eigenvalue weighted by atomic mass is 10.2. The van der Waals surface area contributed by atoms with Gasteiger partial charge >= 0.3 is 0 Å². The van der Waals surface area contributed by atoms with Gasteiger partial charge in [-0.1, -0.05) is 12.1 Å². The van der Waals surface area contributed by atoms with E-state index in [4.69, 9.17) is 9.47 Å². The van der Waals surface area contributed by atoms with Crippen LogP contribution in [0.5, 0.6) is 11.5 Å². The van der Waals surface area contributed by atoms with Crippen molar-refractivity contribution in [2.45, 2.75) is 6.92 Å². The fourth-order valence-electron chi connectivity index (χ4n) is 2.62. The molecule has 0 bridgehead atoms. The van der Waals surface area contributed by atoms with Gasteiger partial charge in [0.05, 0.1) is 13.7 Å². The highest BCUT2D eigenvalue weighted by Gasteiger charge is 2.07. The van der Waals surface area contributed by atoms with Crippen molar-refractivity contribution in [1.29, 1.82) is 0 Å². The highest BCUT2D eigenvalue weighted by atomic mass is 16.5. The molecule has 0 spiro atoms. The summed E-state index contributed by atoms with van der Waals surface area (Å²) in [7, 11) is 1.62. The van der Waals surface area contributed by atoms with E-state index < -0.39 is 0 Å². The second-order valence-electron chi connectivity index (χ2n) is 6.20. The molecule has 0 fully saturated rings. The van der Waals surface area contributed by atoms with Crippen LogP contribution in [0.15, 0.2) is 66.9 Å². The molecule has 28 heavy (non-hydrogen) atoms. The summed E-state index contributed by atoms with van der Waals surface area (Å²) in [5.41, 5.74) is 2.61. The summed E-state index contributed by atoms with van der Waals surface area (Å²) in [6.45, 7) is 2.79. The Morgan fingerprint density at radius 1 is 1.04 bits per heavy atom. The molecule has 2 N–H and O–H groups in total. The molecule has 144 valence electrons. The molecule has 1 amide bonds. The summed E-state index contributed by atoms with van der Waals surface area (Å²) in [5.74, 6) is 1.94. The van der Waals surface area contributed by atoms with E-state index in [2.05, 4.69) is 15.6 Å². The highest BCUT2D eigenvalue weighted by molar-refractivity contribution is 5.94. The van der Waals surface area contributed by atoms with Gasteiger partial charge in [0.15, 0.2) is 0 Å². The van der Waals surface area contributed by atoms with Crippen LogP contribution in [0.2, 0.25) is 0 Å². The van der Waals surface area contributed by atoms with Gasteiger partial charge in [0, 0.05) is 17.4 Å². The third-order valence-corrected chi connectivity index (χ3v) is 4.03. The fourth-order valence-corrected chi connectivity index (χ4v) is 2.62. The summed E-state index contributed by atoms with van der Waals surface area (Å²) in [5, 5.41) is 6.06. The Morgan fingerprint density at radius 2 is 1.82 bits per heavy atom. The first kappa shape index (κ1) is 19.2. The lowest BCUT2D eigenvalue weighted by Gasteiger charge is -2.10. The molecule has 3 rings (SSSR count). The first-order valence-corrected chi connectivity index (χ1v) is 8.99. The van der Waals surface area contributed by atoms with Crippen molar-refractivity contribution in [2.75, 3.05) is 25.6 Å². The number of hydrogen-bond donors (Lipinski definition) is 2. The summed E-state index contributed by atoms with van der Waals surface area (Å²) in [4.78, 5) is 16.6. The van der Waals surface area contributed by atoms with Crippen molar-refractivity contribution in [3.8, 4) is 11.5 Å². The van der Waals surface area contributed by atoms with Crippen molar-refractivity contribution in [2.24, 2.45) is 0 Å². The number of rotatable bonds is 8. The number of aromatic nitrogens is 1. The van der Waals surface area contributed by atoms with Crippen LogP contribution in [0.25, 0.3) is 0 Å². The topological polar surface area (TPSA) is 72.5 Å². The highest BCUT2D eigenvalue weighted by Crippen LogP contribution is 2.17. The molecular weight excluding hydrogens is 354 g/mol. The van der Waals surface area contributed by atoms with E-state index in [1.165, 1.54) is 0 Å². The zero-order valence-electron chi connectivity index (χ0n) is 15.9. The van der Waals surface area contributed by atoms with Crippen molar-refractivity contribution in [3.63, 3.8) is 0 Å². The van der Waals surface area contributed by atoms with Gasteiger partial charge in [-0.3, -0.25) is 4.79 Å². The van der Waals surface area contributed by atoms with E-state index in [9.17, 15) is 4.79 Å². The van der Waals surface area contributed by atoms with E-state index in [0.717, 1.165) is 22.7 Å². The van der Waals surface area contributed by atoms with Crippen LogP contribution in [-0.2, 0) is 0 Å². The molecule has 2 aromatic carbocycles. The zero-order valence-corrected chi connectivity index (χ0v) is 15.9. The average molecular weight is 377 g/mol. The minimum atomic E-state index is -0.173. The summed E-state index contributed by atoms with van der Waals surface area (Å²) >= 11 is 0. The third-order valence-electron chi connectivity index (χ3n) is 4.03. The second kappa shape index (κ2) is 9.41. The number of pyridine rings is 1. The Bertz CT molecular complexity index is 926. The molecule has 0 aliphatic rings. The van der Waals surface area contributed by atoms with Gasteiger partial charge in [0.1, 0.15) is 23.9 Å². The van der Waals surface area contributed by atoms with Crippen molar-refractivity contribution >= 4 is 17.4 Å². The monoisotopic (exact) mass is 377 g/mol. The quantitative estimate of drug-likeness (QED) is 0.582. The number of hydrogen-bond acceptors (Lipinski definition) is 5. The lowest BCUT2D eigenvalue weighted by molar-refractivity contribution is 0.0947. The van der Waals surface area contributed by atoms with Gasteiger partial charge in [-0.15, -0.1) is 0 Å². The SMILES string of the molecule is COc1ccc(OCCNC(=O)c2ccnc(Nc3cccc(C)c3)c2)cc1. The zero-order chi connectivity index (χ0) is 19.8. The maximum absolute atomic E-state index is 12.4. The minimum Gasteiger partial charge on any atom is -0.497 e. The molecule has 0 aliphatic heterocycles. The molecule has 1 heterocycles. The van der Waals surface area contributed by atoms with Gasteiger partial charge in [-0.2, -0.15) is 0 Å². The summed E-state index contributed by atoms with van der Waals surface area (Å²) in [6, 6.07) is 18.7. The van der Waals surface area contributed by atoms with E-state index in [1.807, 2.05) is 55.5 Å². The molecule has 3 aromatic rings. The first-order chi connectivity index (χ1) is 13.6. The van der Waals surface area contributed by atoms with Crippen LogP contribution in [0, 0.1) is 6.92 Å². The lowest BCUT2D eigenvalue weighted by Crippen LogP contribution is -2.28. The molecular formula is C22H23N3O3. The van der Waals surface area contributed by atoms with Crippen molar-refractivity contribution in [3.05, 3.63) is 78.0 Å². The summed E-state index contributed by atoms with van der Waals surface area (Å²) in [6.07, 6.45) is 1.61. The van der Waals surface area contributed by atoms with Gasteiger partial charge in [0.25, 0.3) is 5.91 Å². The number of nitrogens with zero attached hydrogens (tertiary/aromatic N) is 1. The van der Waals surface area contributed by atoms with Crippen molar-refractivity contribution in [1.82, 2.24) is 10.3 Å². The smallest absolute Gasteiger partial charge is 0.251 e. The predicted octanol–water partition coefficient (Wildman–Crippen LogP) is 3.95. The van der Waals surface area contributed by atoms with E-state index in [0.29, 0.717) is 24.5 Å². The van der Waals surface area contributed by atoms with E-state index >= 15 is 0 Å². The Kier molecular flexibility index (Phi) is 6.46.